The first kappa shape index (κ1) is 27.0. The number of ether oxygens (including phenoxy) is 3. The van der Waals surface area contributed by atoms with E-state index >= 15 is 0 Å². The maximum atomic E-state index is 6.21. The van der Waals surface area contributed by atoms with Gasteiger partial charge in [-0.15, -0.1) is 0 Å². The molecule has 0 saturated heterocycles. The second kappa shape index (κ2) is 14.6. The van der Waals surface area contributed by atoms with Crippen molar-refractivity contribution < 1.29 is 14.2 Å². The first-order valence-corrected chi connectivity index (χ1v) is 13.9. The van der Waals surface area contributed by atoms with Crippen LogP contribution in [0.25, 0.3) is 0 Å². The zero-order valence-electron chi connectivity index (χ0n) is 21.9. The van der Waals surface area contributed by atoms with Crippen molar-refractivity contribution in [1.29, 1.82) is 0 Å². The number of nitrogens with zero attached hydrogens (tertiary/aromatic N) is 2. The van der Waals surface area contributed by atoms with Gasteiger partial charge in [0.1, 0.15) is 36.4 Å². The molecule has 4 rings (SSSR count). The predicted molar refractivity (Wildman–Crippen MR) is 150 cm³/mol. The van der Waals surface area contributed by atoms with Crippen molar-refractivity contribution in [2.45, 2.75) is 76.3 Å². The van der Waals surface area contributed by atoms with Gasteiger partial charge in [0.15, 0.2) is 0 Å². The maximum Gasteiger partial charge on any atom is 0.125 e. The first-order valence-electron chi connectivity index (χ1n) is 13.9. The summed E-state index contributed by atoms with van der Waals surface area (Å²) in [6, 6.07) is 16.3. The molecule has 0 unspecified atom stereocenters. The van der Waals surface area contributed by atoms with Crippen LogP contribution in [0.5, 0.6) is 11.5 Å². The molecule has 2 aromatic rings. The molecule has 0 atom stereocenters. The number of hydrogen-bond acceptors (Lipinski definition) is 5. The zero-order chi connectivity index (χ0) is 25.7. The van der Waals surface area contributed by atoms with Gasteiger partial charge in [-0.2, -0.15) is 0 Å². The Hall–Kier alpha value is -3.06. The fourth-order valence-corrected chi connectivity index (χ4v) is 4.95. The van der Waals surface area contributed by atoms with Gasteiger partial charge in [-0.05, 0) is 74.2 Å². The van der Waals surface area contributed by atoms with Gasteiger partial charge in [0.25, 0.3) is 0 Å². The minimum atomic E-state index is 0.370. The van der Waals surface area contributed by atoms with E-state index in [9.17, 15) is 0 Å². The molecule has 2 aromatic carbocycles. The molecule has 200 valence electrons. The molecule has 0 aliphatic heterocycles. The monoisotopic (exact) mass is 506 g/mol. The van der Waals surface area contributed by atoms with Crippen LogP contribution in [-0.2, 0) is 4.74 Å². The van der Waals surface area contributed by atoms with E-state index in [4.69, 9.17) is 35.7 Å². The Morgan fingerprint density at radius 3 is 1.32 bits per heavy atom. The molecule has 0 amide bonds. The van der Waals surface area contributed by atoms with Crippen LogP contribution in [0.1, 0.15) is 75.3 Å². The van der Waals surface area contributed by atoms with Crippen LogP contribution < -0.4 is 20.9 Å². The summed E-state index contributed by atoms with van der Waals surface area (Å²) in [7, 11) is 0. The van der Waals surface area contributed by atoms with Crippen molar-refractivity contribution in [3.05, 3.63) is 59.7 Å². The molecule has 0 aromatic heterocycles. The van der Waals surface area contributed by atoms with Gasteiger partial charge in [-0.3, -0.25) is 9.98 Å². The van der Waals surface area contributed by atoms with Gasteiger partial charge in [-0.1, -0.05) is 38.5 Å². The first-order chi connectivity index (χ1) is 18.2. The van der Waals surface area contributed by atoms with E-state index in [0.717, 1.165) is 48.3 Å². The summed E-state index contributed by atoms with van der Waals surface area (Å²) in [6.07, 6.45) is 12.2. The Bertz CT molecular complexity index is 911. The van der Waals surface area contributed by atoms with Gasteiger partial charge >= 0.3 is 0 Å². The third-order valence-electron chi connectivity index (χ3n) is 7.09. The van der Waals surface area contributed by atoms with Gasteiger partial charge in [-0.25, -0.2) is 0 Å². The topological polar surface area (TPSA) is 104 Å². The Labute approximate surface area is 221 Å². The van der Waals surface area contributed by atoms with Crippen molar-refractivity contribution in [2.24, 2.45) is 21.5 Å². The number of amidine groups is 2. The summed E-state index contributed by atoms with van der Waals surface area (Å²) in [5, 5.41) is 0. The smallest absolute Gasteiger partial charge is 0.125 e. The normalized spacial score (nSPS) is 18.1. The summed E-state index contributed by atoms with van der Waals surface area (Å²) in [5.74, 6) is 2.82. The van der Waals surface area contributed by atoms with Gasteiger partial charge in [0, 0.05) is 11.1 Å². The quantitative estimate of drug-likeness (QED) is 0.233. The Balaban J connectivity index is 1.09. The average Bonchev–Trinajstić information content (AvgIpc) is 2.94. The molecule has 2 fully saturated rings. The highest BCUT2D eigenvalue weighted by Gasteiger charge is 2.14. The number of rotatable bonds is 12. The van der Waals surface area contributed by atoms with E-state index in [1.165, 1.54) is 38.5 Å². The molecule has 7 heteroatoms. The van der Waals surface area contributed by atoms with Crippen LogP contribution in [0.3, 0.4) is 0 Å². The molecule has 0 radical (unpaired) electrons. The molecule has 2 aliphatic carbocycles. The highest BCUT2D eigenvalue weighted by Crippen LogP contribution is 2.22. The Morgan fingerprint density at radius 2 is 0.946 bits per heavy atom. The van der Waals surface area contributed by atoms with Gasteiger partial charge in [0.05, 0.1) is 25.3 Å². The molecule has 0 spiro atoms. The number of nitrogens with two attached hydrogens (primary N) is 2. The number of benzene rings is 2. The lowest BCUT2D eigenvalue weighted by atomic mass is 9.96. The van der Waals surface area contributed by atoms with E-state index < -0.39 is 0 Å². The van der Waals surface area contributed by atoms with Gasteiger partial charge < -0.3 is 25.7 Å². The van der Waals surface area contributed by atoms with Gasteiger partial charge in [0.2, 0.25) is 0 Å². The Morgan fingerprint density at radius 1 is 0.568 bits per heavy atom. The number of aliphatic imine (C=N–C) groups is 2. The summed E-state index contributed by atoms with van der Waals surface area (Å²) in [5.41, 5.74) is 14.3. The summed E-state index contributed by atoms with van der Waals surface area (Å²) in [6.45, 7) is 1.92. The molecule has 0 heterocycles. The maximum absolute atomic E-state index is 6.21. The molecule has 37 heavy (non-hydrogen) atoms. The fraction of sp³-hybridized carbons (Fsp3) is 0.533. The number of hydrogen-bond donors (Lipinski definition) is 2. The van der Waals surface area contributed by atoms with Crippen molar-refractivity contribution in [2.75, 3.05) is 26.4 Å². The van der Waals surface area contributed by atoms with Crippen molar-refractivity contribution >= 4 is 11.7 Å². The molecule has 4 N–H and O–H groups in total. The van der Waals surface area contributed by atoms with Crippen molar-refractivity contribution in [3.63, 3.8) is 0 Å². The van der Waals surface area contributed by atoms with Crippen LogP contribution in [0.15, 0.2) is 58.5 Å². The van der Waals surface area contributed by atoms with E-state index in [1.807, 2.05) is 48.5 Å². The third-order valence-corrected chi connectivity index (χ3v) is 7.09. The minimum absolute atomic E-state index is 0.370. The molecule has 2 aliphatic rings. The summed E-state index contributed by atoms with van der Waals surface area (Å²) < 4.78 is 17.2. The lowest BCUT2D eigenvalue weighted by molar-refractivity contribution is 0.0764. The molecule has 7 nitrogen and oxygen atoms in total. The van der Waals surface area contributed by atoms with Crippen LogP contribution in [0.2, 0.25) is 0 Å². The molecule has 2 saturated carbocycles. The Kier molecular flexibility index (Phi) is 10.7. The zero-order valence-corrected chi connectivity index (χ0v) is 21.9. The van der Waals surface area contributed by atoms with Crippen molar-refractivity contribution in [3.8, 4) is 11.5 Å². The van der Waals surface area contributed by atoms with E-state index in [0.29, 0.717) is 50.2 Å². The van der Waals surface area contributed by atoms with E-state index in [-0.39, 0.29) is 0 Å². The standard InChI is InChI=1S/C30H42N4O3/c31-29(33-25-7-3-1-4-8-25)23-11-15-27(16-12-23)36-21-19-35-20-22-37-28-17-13-24(14-18-28)30(32)34-26-9-5-2-6-10-26/h11-18,25-26H,1-10,19-22H2,(H2,31,33)(H2,32,34). The molecular formula is C30H42N4O3. The lowest BCUT2D eigenvalue weighted by Crippen LogP contribution is -2.19. The molecular weight excluding hydrogens is 464 g/mol. The largest absolute Gasteiger partial charge is 0.491 e. The lowest BCUT2D eigenvalue weighted by Gasteiger charge is -2.18. The average molecular weight is 507 g/mol. The highest BCUT2D eigenvalue weighted by molar-refractivity contribution is 5.98. The predicted octanol–water partition coefficient (Wildman–Crippen LogP) is 5.24. The molecule has 0 bridgehead atoms. The third kappa shape index (κ3) is 9.08. The minimum Gasteiger partial charge on any atom is -0.491 e. The van der Waals surface area contributed by atoms with Crippen LogP contribution in [-0.4, -0.2) is 50.2 Å². The highest BCUT2D eigenvalue weighted by atomic mass is 16.5. The second-order valence-electron chi connectivity index (χ2n) is 9.97. The van der Waals surface area contributed by atoms with Crippen LogP contribution >= 0.6 is 0 Å². The SMILES string of the molecule is NC(=NC1CCCCC1)c1ccc(OCCOCCOc2ccc(C(N)=NC3CCCCC3)cc2)cc1. The van der Waals surface area contributed by atoms with E-state index in [1.54, 1.807) is 0 Å². The van der Waals surface area contributed by atoms with Crippen LogP contribution in [0.4, 0.5) is 0 Å². The van der Waals surface area contributed by atoms with Crippen LogP contribution in [0, 0.1) is 0 Å². The summed E-state index contributed by atoms with van der Waals surface area (Å²) in [4.78, 5) is 9.41. The fourth-order valence-electron chi connectivity index (χ4n) is 4.95. The van der Waals surface area contributed by atoms with Crippen molar-refractivity contribution in [1.82, 2.24) is 0 Å². The van der Waals surface area contributed by atoms with E-state index in [2.05, 4.69) is 0 Å². The second-order valence-corrected chi connectivity index (χ2v) is 9.97. The summed E-state index contributed by atoms with van der Waals surface area (Å²) >= 11 is 0.